The summed E-state index contributed by atoms with van der Waals surface area (Å²) in [6.07, 6.45) is 4.84. The fourth-order valence-electron chi connectivity index (χ4n) is 7.68. The molecule has 1 spiro atoms. The van der Waals surface area contributed by atoms with E-state index in [9.17, 15) is 27.6 Å². The highest BCUT2D eigenvalue weighted by Crippen LogP contribution is 2.45. The van der Waals surface area contributed by atoms with Crippen LogP contribution in [0.25, 0.3) is 22.3 Å². The Hall–Kier alpha value is -5.55. The number of para-hydroxylation sites is 1. The standard InChI is InChI=1S/C42H49N7O8S2/c1-5-26-22-42(26)40(53)48-59(54,55)36-14-12-11-13-30(36)45-37(50)15-9-7-6-8-10-16-38(51)49-23-28(20-34(49)39(52)47-42)57-35-21-32(33-24-58-41(46-33)43-25(2)3)44-31-19-27(56-4)17-18-29(31)35/h5,11-14,17-19,21,24-26,28,34H,1,6-10,15-16,20,22-23H2,2-4H3,(H,43,46)(H,45,50)(H,47,52)(H,48,53)/t26-,28-,34+,42-/m1/s1. The normalized spacial score (nSPS) is 24.1. The van der Waals surface area contributed by atoms with Crippen LogP contribution in [0.2, 0.25) is 0 Å². The molecule has 7 rings (SSSR count). The van der Waals surface area contributed by atoms with Gasteiger partial charge in [-0.15, -0.1) is 17.9 Å². The molecule has 2 aromatic heterocycles. The van der Waals surface area contributed by atoms with Gasteiger partial charge in [0.2, 0.25) is 17.7 Å². The number of rotatable bonds is 7. The van der Waals surface area contributed by atoms with Crippen molar-refractivity contribution in [3.05, 3.63) is 66.6 Å². The van der Waals surface area contributed by atoms with Crippen molar-refractivity contribution in [3.63, 3.8) is 0 Å². The van der Waals surface area contributed by atoms with Crippen molar-refractivity contribution in [1.82, 2.24) is 24.9 Å². The number of anilines is 2. The summed E-state index contributed by atoms with van der Waals surface area (Å²) in [6.45, 7) is 7.96. The van der Waals surface area contributed by atoms with Gasteiger partial charge in [0.15, 0.2) is 5.13 Å². The summed E-state index contributed by atoms with van der Waals surface area (Å²) >= 11 is 1.46. The van der Waals surface area contributed by atoms with Crippen LogP contribution in [0.5, 0.6) is 11.5 Å². The van der Waals surface area contributed by atoms with E-state index in [4.69, 9.17) is 19.4 Å². The maximum atomic E-state index is 14.4. The topological polar surface area (TPSA) is 198 Å². The van der Waals surface area contributed by atoms with E-state index >= 15 is 0 Å². The monoisotopic (exact) mass is 843 g/mol. The number of fused-ring (bicyclic) bond motifs is 3. The first-order valence-electron chi connectivity index (χ1n) is 19.9. The van der Waals surface area contributed by atoms with Gasteiger partial charge in [-0.25, -0.2) is 23.1 Å². The quantitative estimate of drug-likeness (QED) is 0.165. The van der Waals surface area contributed by atoms with E-state index in [0.29, 0.717) is 46.6 Å². The molecule has 2 fully saturated rings. The van der Waals surface area contributed by atoms with Crippen LogP contribution in [0.1, 0.15) is 71.6 Å². The van der Waals surface area contributed by atoms with Crippen molar-refractivity contribution < 1.29 is 37.1 Å². The van der Waals surface area contributed by atoms with E-state index in [0.717, 1.165) is 24.4 Å². The maximum Gasteiger partial charge on any atom is 0.266 e. The van der Waals surface area contributed by atoms with Crippen molar-refractivity contribution in [2.45, 2.75) is 100 Å². The minimum Gasteiger partial charge on any atom is -0.497 e. The number of nitrogens with zero attached hydrogens (tertiary/aromatic N) is 3. The van der Waals surface area contributed by atoms with Crippen molar-refractivity contribution in [1.29, 1.82) is 0 Å². The van der Waals surface area contributed by atoms with Gasteiger partial charge in [0.1, 0.15) is 39.8 Å². The number of hydrogen-bond donors (Lipinski definition) is 4. The van der Waals surface area contributed by atoms with Gasteiger partial charge in [0.05, 0.1) is 30.6 Å². The zero-order chi connectivity index (χ0) is 41.9. The number of aromatic nitrogens is 2. The predicted octanol–water partition coefficient (Wildman–Crippen LogP) is 5.78. The summed E-state index contributed by atoms with van der Waals surface area (Å²) in [6, 6.07) is 12.3. The highest BCUT2D eigenvalue weighted by molar-refractivity contribution is 7.90. The summed E-state index contributed by atoms with van der Waals surface area (Å²) in [5, 5.41) is 12.2. The molecular formula is C42H49N7O8S2. The SMILES string of the molecule is C=C[C@@H]1C[C@@]12NC(=O)[C@@H]1C[C@@H](Oc3cc(-c4csc(NC(C)C)n4)nc4cc(OC)ccc34)CN1C(=O)CCCCCCCC(=O)Nc1ccccc1S(=O)(=O)NC2=O. The number of carbonyl (C=O) groups excluding carboxylic acids is 4. The summed E-state index contributed by atoms with van der Waals surface area (Å²) in [5.74, 6) is -1.64. The molecule has 1 saturated carbocycles. The molecule has 4 aromatic rings. The average Bonchev–Trinajstić information content (AvgIpc) is 3.47. The maximum absolute atomic E-state index is 14.4. The van der Waals surface area contributed by atoms with E-state index in [1.54, 1.807) is 31.4 Å². The van der Waals surface area contributed by atoms with Gasteiger partial charge in [-0.3, -0.25) is 19.2 Å². The van der Waals surface area contributed by atoms with Crippen LogP contribution >= 0.6 is 11.3 Å². The van der Waals surface area contributed by atoms with Crippen molar-refractivity contribution in [3.8, 4) is 22.9 Å². The number of amides is 4. The van der Waals surface area contributed by atoms with Crippen LogP contribution in [0, 0.1) is 5.92 Å². The molecule has 3 aliphatic rings. The molecule has 2 aliphatic heterocycles. The predicted molar refractivity (Wildman–Crippen MR) is 225 cm³/mol. The molecule has 0 unspecified atom stereocenters. The molecule has 312 valence electrons. The van der Waals surface area contributed by atoms with Gasteiger partial charge in [-0.2, -0.15) is 0 Å². The van der Waals surface area contributed by atoms with E-state index in [-0.39, 0.29) is 60.7 Å². The molecule has 59 heavy (non-hydrogen) atoms. The number of ether oxygens (including phenoxy) is 2. The lowest BCUT2D eigenvalue weighted by Gasteiger charge is -2.26. The third-order valence-electron chi connectivity index (χ3n) is 10.9. The molecule has 17 heteroatoms. The highest BCUT2D eigenvalue weighted by Gasteiger charge is 2.61. The van der Waals surface area contributed by atoms with Crippen LogP contribution in [0.3, 0.4) is 0 Å². The van der Waals surface area contributed by atoms with Crippen LogP contribution < -0.4 is 30.1 Å². The Morgan fingerprint density at radius 2 is 1.76 bits per heavy atom. The zero-order valence-corrected chi connectivity index (χ0v) is 34.9. The first-order chi connectivity index (χ1) is 28.3. The third kappa shape index (κ3) is 9.20. The number of hydrogen-bond acceptors (Lipinski definition) is 12. The van der Waals surface area contributed by atoms with Gasteiger partial charge in [-0.05, 0) is 57.4 Å². The Balaban J connectivity index is 1.19. The lowest BCUT2D eigenvalue weighted by molar-refractivity contribution is -0.139. The van der Waals surface area contributed by atoms with Gasteiger partial charge in [0, 0.05) is 54.1 Å². The number of carbonyl (C=O) groups is 4. The number of nitrogens with one attached hydrogen (secondary N) is 4. The number of sulfonamides is 1. The van der Waals surface area contributed by atoms with Gasteiger partial charge >= 0.3 is 0 Å². The molecule has 4 atom stereocenters. The van der Waals surface area contributed by atoms with E-state index in [1.165, 1.54) is 40.5 Å². The molecule has 0 radical (unpaired) electrons. The smallest absolute Gasteiger partial charge is 0.266 e. The second-order valence-electron chi connectivity index (χ2n) is 15.5. The number of thiazole rings is 1. The van der Waals surface area contributed by atoms with Crippen molar-refractivity contribution in [2.24, 2.45) is 5.92 Å². The Kier molecular flexibility index (Phi) is 12.2. The summed E-state index contributed by atoms with van der Waals surface area (Å²) in [5.41, 5.74) is 0.228. The molecule has 4 heterocycles. The summed E-state index contributed by atoms with van der Waals surface area (Å²) < 4.78 is 41.7. The van der Waals surface area contributed by atoms with Crippen molar-refractivity contribution >= 4 is 66.7 Å². The third-order valence-corrected chi connectivity index (χ3v) is 13.0. The van der Waals surface area contributed by atoms with Gasteiger partial charge in [-0.1, -0.05) is 37.5 Å². The Labute approximate surface area is 347 Å². The van der Waals surface area contributed by atoms with Gasteiger partial charge in [0.25, 0.3) is 15.9 Å². The molecule has 1 saturated heterocycles. The number of methoxy groups -OCH3 is 1. The minimum atomic E-state index is -4.51. The lowest BCUT2D eigenvalue weighted by Crippen LogP contribution is -2.56. The molecule has 4 amide bonds. The van der Waals surface area contributed by atoms with E-state index < -0.39 is 45.4 Å². The molecular weight excluding hydrogens is 795 g/mol. The summed E-state index contributed by atoms with van der Waals surface area (Å²) in [7, 11) is -2.93. The molecule has 15 nitrogen and oxygen atoms in total. The van der Waals surface area contributed by atoms with Crippen LogP contribution in [0.15, 0.2) is 71.5 Å². The highest BCUT2D eigenvalue weighted by atomic mass is 32.2. The Bertz CT molecular complexity index is 2380. The molecule has 2 aromatic carbocycles. The number of pyridine rings is 1. The largest absolute Gasteiger partial charge is 0.497 e. The second-order valence-corrected chi connectivity index (χ2v) is 18.0. The van der Waals surface area contributed by atoms with E-state index in [2.05, 4.69) is 27.3 Å². The fourth-order valence-corrected chi connectivity index (χ4v) is 9.74. The van der Waals surface area contributed by atoms with E-state index in [1.807, 2.05) is 25.3 Å². The first-order valence-corrected chi connectivity index (χ1v) is 22.2. The molecule has 0 bridgehead atoms. The van der Waals surface area contributed by atoms with Crippen LogP contribution in [-0.2, 0) is 29.2 Å². The van der Waals surface area contributed by atoms with Crippen molar-refractivity contribution in [2.75, 3.05) is 24.3 Å². The fraction of sp³-hybridized carbons (Fsp3) is 0.429. The molecule has 1 aliphatic carbocycles. The average molecular weight is 844 g/mol. The number of benzene rings is 2. The Morgan fingerprint density at radius 3 is 2.51 bits per heavy atom. The lowest BCUT2D eigenvalue weighted by atomic mass is 10.1. The van der Waals surface area contributed by atoms with Crippen LogP contribution in [0.4, 0.5) is 10.8 Å². The summed E-state index contributed by atoms with van der Waals surface area (Å²) in [4.78, 5) is 65.9. The minimum absolute atomic E-state index is 0.0419. The first kappa shape index (κ1) is 41.6. The second kappa shape index (κ2) is 17.4. The van der Waals surface area contributed by atoms with Gasteiger partial charge < -0.3 is 30.3 Å². The van der Waals surface area contributed by atoms with Crippen LogP contribution in [-0.4, -0.2) is 84.3 Å². The zero-order valence-electron chi connectivity index (χ0n) is 33.3. The Morgan fingerprint density at radius 1 is 1.00 bits per heavy atom. The molecule has 4 N–H and O–H groups in total.